The van der Waals surface area contributed by atoms with Crippen molar-refractivity contribution in [2.24, 2.45) is 5.92 Å². The number of aliphatic carboxylic acids is 1. The second-order valence-electron chi connectivity index (χ2n) is 4.36. The summed E-state index contributed by atoms with van der Waals surface area (Å²) in [7, 11) is 1.59. The van der Waals surface area contributed by atoms with E-state index in [-0.39, 0.29) is 5.91 Å². The van der Waals surface area contributed by atoms with Gasteiger partial charge in [0.05, 0.1) is 19.4 Å². The molecule has 96 valence electrons. The molecule has 0 saturated carbocycles. The molecule has 18 heavy (non-hydrogen) atoms. The van der Waals surface area contributed by atoms with E-state index in [1.165, 1.54) is 0 Å². The number of carboxylic acids is 1. The maximum Gasteiger partial charge on any atom is 0.310 e. The van der Waals surface area contributed by atoms with Crippen LogP contribution in [0.3, 0.4) is 0 Å². The van der Waals surface area contributed by atoms with Crippen LogP contribution >= 0.6 is 0 Å². The van der Waals surface area contributed by atoms with Crippen LogP contribution in [0.25, 0.3) is 0 Å². The van der Waals surface area contributed by atoms with Gasteiger partial charge < -0.3 is 14.7 Å². The highest BCUT2D eigenvalue weighted by molar-refractivity contribution is 5.82. The molecule has 1 fully saturated rings. The lowest BCUT2D eigenvalue weighted by atomic mass is 9.99. The van der Waals surface area contributed by atoms with E-state index in [1.807, 2.05) is 12.1 Å². The van der Waals surface area contributed by atoms with Crippen molar-refractivity contribution in [2.45, 2.75) is 6.42 Å². The summed E-state index contributed by atoms with van der Waals surface area (Å²) in [5.74, 6) is -0.507. The Kier molecular flexibility index (Phi) is 3.50. The minimum absolute atomic E-state index is 0.0299. The lowest BCUT2D eigenvalue weighted by molar-refractivity contribution is -0.152. The second-order valence-corrected chi connectivity index (χ2v) is 4.36. The van der Waals surface area contributed by atoms with E-state index in [0.717, 1.165) is 11.3 Å². The Morgan fingerprint density at radius 1 is 1.33 bits per heavy atom. The summed E-state index contributed by atoms with van der Waals surface area (Å²) < 4.78 is 5.03. The van der Waals surface area contributed by atoms with Gasteiger partial charge in [-0.3, -0.25) is 9.59 Å². The molecule has 1 N–H and O–H groups in total. The predicted octanol–water partition coefficient (Wildman–Crippen LogP) is 0.781. The summed E-state index contributed by atoms with van der Waals surface area (Å²) in [6, 6.07) is 7.29. The Bertz CT molecular complexity index is 449. The highest BCUT2D eigenvalue weighted by atomic mass is 16.5. The Morgan fingerprint density at radius 2 is 1.94 bits per heavy atom. The Labute approximate surface area is 105 Å². The van der Waals surface area contributed by atoms with Gasteiger partial charge in [0.1, 0.15) is 5.75 Å². The zero-order chi connectivity index (χ0) is 13.1. The maximum atomic E-state index is 11.8. The first-order valence-electron chi connectivity index (χ1n) is 5.73. The maximum absolute atomic E-state index is 11.8. The monoisotopic (exact) mass is 249 g/mol. The molecule has 0 aliphatic carbocycles. The topological polar surface area (TPSA) is 66.8 Å². The van der Waals surface area contributed by atoms with E-state index in [4.69, 9.17) is 9.84 Å². The van der Waals surface area contributed by atoms with E-state index in [9.17, 15) is 9.59 Å². The molecule has 2 rings (SSSR count). The van der Waals surface area contributed by atoms with Gasteiger partial charge in [0.25, 0.3) is 0 Å². The van der Waals surface area contributed by atoms with Gasteiger partial charge in [0.15, 0.2) is 0 Å². The van der Waals surface area contributed by atoms with Crippen LogP contribution in [0.1, 0.15) is 5.56 Å². The lowest BCUT2D eigenvalue weighted by Crippen LogP contribution is -2.53. The van der Waals surface area contributed by atoms with Crippen LogP contribution in [0.4, 0.5) is 0 Å². The third-order valence-corrected chi connectivity index (χ3v) is 3.10. The molecule has 1 aliphatic heterocycles. The van der Waals surface area contributed by atoms with Gasteiger partial charge in [-0.2, -0.15) is 0 Å². The van der Waals surface area contributed by atoms with Gasteiger partial charge in [0, 0.05) is 13.1 Å². The van der Waals surface area contributed by atoms with Crippen molar-refractivity contribution >= 4 is 11.9 Å². The Hall–Kier alpha value is -2.04. The fourth-order valence-electron chi connectivity index (χ4n) is 1.87. The number of hydrogen-bond donors (Lipinski definition) is 1. The molecule has 0 aromatic heterocycles. The van der Waals surface area contributed by atoms with Crippen LogP contribution in [0.5, 0.6) is 5.75 Å². The second kappa shape index (κ2) is 5.08. The fraction of sp³-hybridized carbons (Fsp3) is 0.385. The number of amides is 1. The fourth-order valence-corrected chi connectivity index (χ4v) is 1.87. The number of carbonyl (C=O) groups is 2. The molecule has 5 heteroatoms. The van der Waals surface area contributed by atoms with Crippen molar-refractivity contribution < 1.29 is 19.4 Å². The van der Waals surface area contributed by atoms with Crippen molar-refractivity contribution in [1.82, 2.24) is 4.90 Å². The zero-order valence-electron chi connectivity index (χ0n) is 10.1. The number of likely N-dealkylation sites (tertiary alicyclic amines) is 1. The van der Waals surface area contributed by atoms with Gasteiger partial charge in [-0.1, -0.05) is 12.1 Å². The van der Waals surface area contributed by atoms with Crippen molar-refractivity contribution in [3.63, 3.8) is 0 Å². The van der Waals surface area contributed by atoms with Crippen LogP contribution in [0, 0.1) is 5.92 Å². The summed E-state index contributed by atoms with van der Waals surface area (Å²) in [4.78, 5) is 24.0. The first-order chi connectivity index (χ1) is 8.60. The third kappa shape index (κ3) is 2.61. The molecule has 0 unspecified atom stereocenters. The molecule has 1 saturated heterocycles. The van der Waals surface area contributed by atoms with Gasteiger partial charge >= 0.3 is 5.97 Å². The molecular formula is C13H15NO4. The van der Waals surface area contributed by atoms with E-state index in [0.29, 0.717) is 19.5 Å². The summed E-state index contributed by atoms with van der Waals surface area (Å²) in [6.45, 7) is 0.647. The van der Waals surface area contributed by atoms with E-state index >= 15 is 0 Å². The highest BCUT2D eigenvalue weighted by Gasteiger charge is 2.35. The summed E-state index contributed by atoms with van der Waals surface area (Å²) >= 11 is 0. The van der Waals surface area contributed by atoms with Gasteiger partial charge in [-0.25, -0.2) is 0 Å². The van der Waals surface area contributed by atoms with Crippen molar-refractivity contribution in [3.8, 4) is 5.75 Å². The highest BCUT2D eigenvalue weighted by Crippen LogP contribution is 2.18. The SMILES string of the molecule is COc1ccc(CC(=O)N2CC(C(=O)O)C2)cc1. The first kappa shape index (κ1) is 12.4. The molecule has 0 bridgehead atoms. The van der Waals surface area contributed by atoms with E-state index in [2.05, 4.69) is 0 Å². The van der Waals surface area contributed by atoms with Crippen LogP contribution in [-0.4, -0.2) is 42.1 Å². The van der Waals surface area contributed by atoms with Crippen LogP contribution in [-0.2, 0) is 16.0 Å². The Balaban J connectivity index is 1.86. The molecule has 0 atom stereocenters. The molecule has 1 aromatic carbocycles. The molecule has 1 heterocycles. The smallest absolute Gasteiger partial charge is 0.310 e. The van der Waals surface area contributed by atoms with Crippen LogP contribution in [0.15, 0.2) is 24.3 Å². The van der Waals surface area contributed by atoms with E-state index in [1.54, 1.807) is 24.1 Å². The molecule has 5 nitrogen and oxygen atoms in total. The normalized spacial score (nSPS) is 15.1. The van der Waals surface area contributed by atoms with Crippen molar-refractivity contribution in [2.75, 3.05) is 20.2 Å². The molecule has 1 amide bonds. The van der Waals surface area contributed by atoms with Crippen LogP contribution < -0.4 is 4.74 Å². The molecule has 1 aromatic rings. The largest absolute Gasteiger partial charge is 0.497 e. The quantitative estimate of drug-likeness (QED) is 0.856. The minimum Gasteiger partial charge on any atom is -0.497 e. The predicted molar refractivity (Wildman–Crippen MR) is 64.4 cm³/mol. The molecule has 0 spiro atoms. The van der Waals surface area contributed by atoms with Crippen molar-refractivity contribution in [1.29, 1.82) is 0 Å². The minimum atomic E-state index is -0.830. The summed E-state index contributed by atoms with van der Waals surface area (Å²) in [6.07, 6.45) is 0.302. The number of ether oxygens (including phenoxy) is 1. The van der Waals surface area contributed by atoms with Gasteiger partial charge in [-0.15, -0.1) is 0 Å². The van der Waals surface area contributed by atoms with E-state index < -0.39 is 11.9 Å². The first-order valence-corrected chi connectivity index (χ1v) is 5.73. The molecule has 0 radical (unpaired) electrons. The number of carbonyl (C=O) groups excluding carboxylic acids is 1. The van der Waals surface area contributed by atoms with Gasteiger partial charge in [0.2, 0.25) is 5.91 Å². The Morgan fingerprint density at radius 3 is 2.44 bits per heavy atom. The number of methoxy groups -OCH3 is 1. The van der Waals surface area contributed by atoms with Crippen LogP contribution in [0.2, 0.25) is 0 Å². The third-order valence-electron chi connectivity index (χ3n) is 3.10. The molecular weight excluding hydrogens is 234 g/mol. The average Bonchev–Trinajstić information content (AvgIpc) is 2.27. The van der Waals surface area contributed by atoms with Gasteiger partial charge in [-0.05, 0) is 17.7 Å². The lowest BCUT2D eigenvalue weighted by Gasteiger charge is -2.36. The van der Waals surface area contributed by atoms with Crippen molar-refractivity contribution in [3.05, 3.63) is 29.8 Å². The molecule has 1 aliphatic rings. The number of nitrogens with zero attached hydrogens (tertiary/aromatic N) is 1. The summed E-state index contributed by atoms with van der Waals surface area (Å²) in [5, 5.41) is 8.73. The zero-order valence-corrected chi connectivity index (χ0v) is 10.1. The average molecular weight is 249 g/mol. The standard InChI is InChI=1S/C13H15NO4/c1-18-11-4-2-9(3-5-11)6-12(15)14-7-10(8-14)13(16)17/h2-5,10H,6-8H2,1H3,(H,16,17). The number of rotatable bonds is 4. The number of hydrogen-bond acceptors (Lipinski definition) is 3. The summed E-state index contributed by atoms with van der Waals surface area (Å²) in [5.41, 5.74) is 0.902. The number of carboxylic acid groups (broad SMARTS) is 1. The number of benzene rings is 1.